The lowest BCUT2D eigenvalue weighted by Crippen LogP contribution is -2.18. The molecule has 4 nitrogen and oxygen atoms in total. The van der Waals surface area contributed by atoms with Crippen LogP contribution in [0.2, 0.25) is 10.0 Å². The van der Waals surface area contributed by atoms with Gasteiger partial charge in [-0.2, -0.15) is 18.4 Å². The number of rotatable bonds is 3. The first kappa shape index (κ1) is 20.8. The van der Waals surface area contributed by atoms with Crippen LogP contribution in [-0.2, 0) is 11.0 Å². The van der Waals surface area contributed by atoms with E-state index < -0.39 is 23.3 Å². The van der Waals surface area contributed by atoms with Gasteiger partial charge in [-0.1, -0.05) is 35.3 Å². The first-order valence-corrected chi connectivity index (χ1v) is 8.86. The Labute approximate surface area is 173 Å². The van der Waals surface area contributed by atoms with E-state index in [-0.39, 0.29) is 12.2 Å². The Hall–Kier alpha value is -2.95. The van der Waals surface area contributed by atoms with Crippen molar-refractivity contribution in [3.63, 3.8) is 0 Å². The summed E-state index contributed by atoms with van der Waals surface area (Å²) in [5, 5.41) is 12.1. The lowest BCUT2D eigenvalue weighted by atomic mass is 10.0. The van der Waals surface area contributed by atoms with Gasteiger partial charge in [0, 0.05) is 10.6 Å². The molecule has 0 saturated heterocycles. The monoisotopic (exact) mass is 438 g/mol. The van der Waals surface area contributed by atoms with Crippen molar-refractivity contribution in [1.29, 1.82) is 5.26 Å². The van der Waals surface area contributed by atoms with Gasteiger partial charge >= 0.3 is 6.18 Å². The van der Waals surface area contributed by atoms with Gasteiger partial charge in [0.25, 0.3) is 5.91 Å². The number of nitriles is 1. The molecule has 148 valence electrons. The third-order valence-electron chi connectivity index (χ3n) is 3.94. The Morgan fingerprint density at radius 3 is 2.66 bits per heavy atom. The Kier molecular flexibility index (Phi) is 5.87. The number of hydrogen-bond donors (Lipinski definition) is 1. The van der Waals surface area contributed by atoms with Crippen LogP contribution in [0, 0.1) is 11.3 Å². The summed E-state index contributed by atoms with van der Waals surface area (Å²) in [5.74, 6) is -0.560. The minimum atomic E-state index is -4.65. The Morgan fingerprint density at radius 1 is 1.24 bits per heavy atom. The maximum absolute atomic E-state index is 13.1. The Balaban J connectivity index is 1.89. The van der Waals surface area contributed by atoms with Crippen LogP contribution in [0.15, 0.2) is 53.6 Å². The van der Waals surface area contributed by atoms with Crippen LogP contribution in [-0.4, -0.2) is 12.5 Å². The minimum absolute atomic E-state index is 0.0198. The lowest BCUT2D eigenvalue weighted by molar-refractivity contribution is -0.137. The molecule has 1 heterocycles. The second-order valence-electron chi connectivity index (χ2n) is 5.98. The second kappa shape index (κ2) is 8.19. The van der Waals surface area contributed by atoms with Gasteiger partial charge in [-0.3, -0.25) is 4.79 Å². The molecule has 0 unspecified atom stereocenters. The summed E-state index contributed by atoms with van der Waals surface area (Å²) in [6.07, 6.45) is -1.78. The highest BCUT2D eigenvalue weighted by Gasteiger charge is 2.33. The average molecular weight is 439 g/mol. The third-order valence-corrected chi connectivity index (χ3v) is 4.44. The first-order valence-electron chi connectivity index (χ1n) is 8.11. The van der Waals surface area contributed by atoms with Crippen LogP contribution in [0.25, 0.3) is 6.08 Å². The van der Waals surface area contributed by atoms with Gasteiger partial charge in [0.1, 0.15) is 24.0 Å². The van der Waals surface area contributed by atoms with E-state index in [2.05, 4.69) is 5.32 Å². The van der Waals surface area contributed by atoms with E-state index >= 15 is 0 Å². The molecule has 0 bridgehead atoms. The van der Waals surface area contributed by atoms with Gasteiger partial charge in [-0.05, 0) is 42.0 Å². The maximum Gasteiger partial charge on any atom is 0.418 e. The van der Waals surface area contributed by atoms with E-state index in [0.717, 1.165) is 12.1 Å². The number of halogens is 5. The zero-order valence-corrected chi connectivity index (χ0v) is 16.0. The molecule has 0 atom stereocenters. The molecule has 0 fully saturated rings. The number of carbonyl (C=O) groups is 1. The highest BCUT2D eigenvalue weighted by Crippen LogP contribution is 2.37. The van der Waals surface area contributed by atoms with E-state index in [9.17, 15) is 23.2 Å². The van der Waals surface area contributed by atoms with Crippen molar-refractivity contribution in [2.75, 3.05) is 11.9 Å². The normalized spacial score (nSPS) is 13.7. The number of nitrogens with one attached hydrogen (secondary N) is 1. The van der Waals surface area contributed by atoms with Crippen LogP contribution in [0.1, 0.15) is 11.1 Å². The van der Waals surface area contributed by atoms with Gasteiger partial charge in [0.2, 0.25) is 0 Å². The topological polar surface area (TPSA) is 62.1 Å². The Morgan fingerprint density at radius 2 is 1.97 bits per heavy atom. The molecule has 2 aromatic rings. The van der Waals surface area contributed by atoms with E-state index in [4.69, 9.17) is 27.9 Å². The Bertz CT molecular complexity index is 1090. The van der Waals surface area contributed by atoms with Crippen LogP contribution in [0.5, 0.6) is 5.75 Å². The largest absolute Gasteiger partial charge is 0.487 e. The molecule has 9 heteroatoms. The summed E-state index contributed by atoms with van der Waals surface area (Å²) in [5.41, 5.74) is -0.826. The molecule has 1 N–H and O–H groups in total. The molecule has 2 aromatic carbocycles. The summed E-state index contributed by atoms with van der Waals surface area (Å²) >= 11 is 12.0. The predicted octanol–water partition coefficient (Wildman–Crippen LogP) is 5.88. The van der Waals surface area contributed by atoms with Crippen LogP contribution >= 0.6 is 23.2 Å². The molecule has 0 radical (unpaired) electrons. The number of nitrogens with zero attached hydrogens (tertiary/aromatic N) is 1. The zero-order chi connectivity index (χ0) is 21.2. The number of hydrogen-bond acceptors (Lipinski definition) is 3. The highest BCUT2D eigenvalue weighted by atomic mass is 35.5. The number of alkyl halides is 3. The second-order valence-corrected chi connectivity index (χ2v) is 6.82. The fourth-order valence-corrected chi connectivity index (χ4v) is 3.25. The fraction of sp³-hybridized carbons (Fsp3) is 0.100. The predicted molar refractivity (Wildman–Crippen MR) is 104 cm³/mol. The molecule has 1 aliphatic heterocycles. The van der Waals surface area contributed by atoms with Gasteiger partial charge in [-0.15, -0.1) is 0 Å². The number of carbonyl (C=O) groups excluding carboxylic acids is 1. The van der Waals surface area contributed by atoms with Crippen molar-refractivity contribution < 1.29 is 22.7 Å². The summed E-state index contributed by atoms with van der Waals surface area (Å²) in [6.45, 7) is 0.0198. The number of fused-ring (bicyclic) bond motifs is 1. The summed E-state index contributed by atoms with van der Waals surface area (Å²) < 4.78 is 44.8. The smallest absolute Gasteiger partial charge is 0.418 e. The van der Waals surface area contributed by atoms with Crippen molar-refractivity contribution in [2.24, 2.45) is 0 Å². The van der Waals surface area contributed by atoms with E-state index in [0.29, 0.717) is 26.9 Å². The number of ether oxygens (including phenoxy) is 1. The third kappa shape index (κ3) is 4.73. The number of benzene rings is 2. The van der Waals surface area contributed by atoms with Crippen molar-refractivity contribution in [3.8, 4) is 11.8 Å². The first-order chi connectivity index (χ1) is 13.7. The summed E-state index contributed by atoms with van der Waals surface area (Å²) in [7, 11) is 0. The SMILES string of the molecule is N#C/C(=C/C1=Cc2cc(Cl)cc(Cl)c2OC1)C(=O)Nc1ccccc1C(F)(F)F. The molecule has 1 aliphatic rings. The molecule has 0 aromatic heterocycles. The van der Waals surface area contributed by atoms with Gasteiger partial charge < -0.3 is 10.1 Å². The molecule has 0 spiro atoms. The van der Waals surface area contributed by atoms with Crippen molar-refractivity contribution in [2.45, 2.75) is 6.18 Å². The lowest BCUT2D eigenvalue weighted by Gasteiger charge is -2.18. The minimum Gasteiger partial charge on any atom is -0.487 e. The van der Waals surface area contributed by atoms with Gasteiger partial charge in [0.05, 0.1) is 16.3 Å². The van der Waals surface area contributed by atoms with E-state index in [1.54, 1.807) is 18.2 Å². The highest BCUT2D eigenvalue weighted by molar-refractivity contribution is 6.36. The van der Waals surface area contributed by atoms with Crippen LogP contribution in [0.4, 0.5) is 18.9 Å². The molecule has 0 saturated carbocycles. The zero-order valence-electron chi connectivity index (χ0n) is 14.5. The van der Waals surface area contributed by atoms with Crippen molar-refractivity contribution >= 4 is 40.9 Å². The molecular weight excluding hydrogens is 428 g/mol. The van der Waals surface area contributed by atoms with Crippen LogP contribution < -0.4 is 10.1 Å². The van der Waals surface area contributed by atoms with Gasteiger partial charge in [0.15, 0.2) is 0 Å². The number of para-hydroxylation sites is 1. The molecular formula is C20H11Cl2F3N2O2. The van der Waals surface area contributed by atoms with E-state index in [1.165, 1.54) is 24.3 Å². The van der Waals surface area contributed by atoms with E-state index in [1.807, 2.05) is 0 Å². The standard InChI is InChI=1S/C20H11Cl2F3N2O2/c21-14-7-12-5-11(10-29-18(12)16(22)8-14)6-13(9-26)19(28)27-17-4-2-1-3-15(17)20(23,24)25/h1-8H,10H2,(H,27,28)/b13-6-. The van der Waals surface area contributed by atoms with Gasteiger partial charge in [-0.25, -0.2) is 0 Å². The van der Waals surface area contributed by atoms with Crippen LogP contribution in [0.3, 0.4) is 0 Å². The maximum atomic E-state index is 13.1. The quantitative estimate of drug-likeness (QED) is 0.480. The number of amides is 1. The summed E-state index contributed by atoms with van der Waals surface area (Å²) in [4.78, 5) is 12.4. The molecule has 29 heavy (non-hydrogen) atoms. The average Bonchev–Trinajstić information content (AvgIpc) is 2.65. The summed E-state index contributed by atoms with van der Waals surface area (Å²) in [6, 6.07) is 9.32. The van der Waals surface area contributed by atoms with Crippen molar-refractivity contribution in [3.05, 3.63) is 74.8 Å². The fourth-order valence-electron chi connectivity index (χ4n) is 2.68. The number of anilines is 1. The van der Waals surface area contributed by atoms with Crippen molar-refractivity contribution in [1.82, 2.24) is 0 Å². The molecule has 1 amide bonds. The molecule has 0 aliphatic carbocycles. The molecule has 3 rings (SSSR count).